The van der Waals surface area contributed by atoms with Crippen LogP contribution in [0, 0.1) is 0 Å². The second kappa shape index (κ2) is 9.49. The molecule has 2 heterocycles. The molecular formula is C24H23N3O3S. The highest BCUT2D eigenvalue weighted by atomic mass is 32.1. The Balaban J connectivity index is 1.30. The fourth-order valence-electron chi connectivity index (χ4n) is 3.41. The molecule has 0 saturated carbocycles. The van der Waals surface area contributed by atoms with Gasteiger partial charge in [-0.1, -0.05) is 12.1 Å². The Bertz CT molecular complexity index is 1090. The number of nitrogens with one attached hydrogen (secondary N) is 1. The highest BCUT2D eigenvalue weighted by Gasteiger charge is 2.17. The molecule has 1 aliphatic rings. The highest BCUT2D eigenvalue weighted by Crippen LogP contribution is 2.28. The van der Waals surface area contributed by atoms with Gasteiger partial charge in [0.05, 0.1) is 0 Å². The molecule has 0 saturated heterocycles. The van der Waals surface area contributed by atoms with E-state index in [1.165, 1.54) is 16.5 Å². The Morgan fingerprint density at radius 2 is 1.87 bits per heavy atom. The minimum Gasteiger partial charge on any atom is -0.484 e. The molecular weight excluding hydrogens is 410 g/mol. The van der Waals surface area contributed by atoms with Crippen molar-refractivity contribution < 1.29 is 14.3 Å². The molecule has 0 aliphatic carbocycles. The number of carbonyl (C=O) groups excluding carboxylic acids is 2. The third-order valence-electron chi connectivity index (χ3n) is 5.00. The average Bonchev–Trinajstić information content (AvgIpc) is 3.25. The van der Waals surface area contributed by atoms with Crippen molar-refractivity contribution >= 4 is 40.6 Å². The van der Waals surface area contributed by atoms with Crippen LogP contribution in [0.4, 0.5) is 11.4 Å². The molecule has 0 spiro atoms. The summed E-state index contributed by atoms with van der Waals surface area (Å²) in [6, 6.07) is 17.2. The number of hydrogen-bond donors (Lipinski definition) is 2. The van der Waals surface area contributed by atoms with Crippen molar-refractivity contribution in [3.63, 3.8) is 0 Å². The number of nitrogens with zero attached hydrogens (tertiary/aromatic N) is 1. The first-order chi connectivity index (χ1) is 15.1. The molecule has 4 rings (SSSR count). The Hall–Kier alpha value is -3.58. The third kappa shape index (κ3) is 5.52. The summed E-state index contributed by atoms with van der Waals surface area (Å²) in [5, 5.41) is 5.04. The lowest BCUT2D eigenvalue weighted by atomic mass is 10.1. The zero-order valence-electron chi connectivity index (χ0n) is 16.9. The van der Waals surface area contributed by atoms with Crippen molar-refractivity contribution in [1.29, 1.82) is 0 Å². The number of carbonyl (C=O) groups is 2. The van der Waals surface area contributed by atoms with Crippen LogP contribution in [0.25, 0.3) is 6.08 Å². The molecule has 0 atom stereocenters. The van der Waals surface area contributed by atoms with Gasteiger partial charge in [-0.15, -0.1) is 11.3 Å². The number of ether oxygens (including phenoxy) is 1. The van der Waals surface area contributed by atoms with Crippen LogP contribution >= 0.6 is 11.3 Å². The van der Waals surface area contributed by atoms with E-state index < -0.39 is 5.91 Å². The second-order valence-electron chi connectivity index (χ2n) is 7.23. The van der Waals surface area contributed by atoms with Crippen molar-refractivity contribution in [3.05, 3.63) is 82.1 Å². The Morgan fingerprint density at radius 1 is 1.10 bits per heavy atom. The molecule has 0 unspecified atom stereocenters. The number of rotatable bonds is 7. The van der Waals surface area contributed by atoms with Crippen LogP contribution in [-0.2, 0) is 22.6 Å². The van der Waals surface area contributed by atoms with E-state index in [9.17, 15) is 9.59 Å². The molecule has 2 amide bonds. The van der Waals surface area contributed by atoms with E-state index in [1.54, 1.807) is 30.3 Å². The van der Waals surface area contributed by atoms with Crippen molar-refractivity contribution in [1.82, 2.24) is 0 Å². The maximum Gasteiger partial charge on any atom is 0.255 e. The lowest BCUT2D eigenvalue weighted by Crippen LogP contribution is -2.29. The molecule has 1 aromatic heterocycles. The fourth-order valence-corrected chi connectivity index (χ4v) is 4.30. The lowest BCUT2D eigenvalue weighted by molar-refractivity contribution is -0.120. The van der Waals surface area contributed by atoms with Gasteiger partial charge in [0, 0.05) is 35.4 Å². The largest absolute Gasteiger partial charge is 0.484 e. The van der Waals surface area contributed by atoms with Gasteiger partial charge in [0.15, 0.2) is 6.61 Å². The van der Waals surface area contributed by atoms with Crippen molar-refractivity contribution in [2.75, 3.05) is 23.4 Å². The summed E-state index contributed by atoms with van der Waals surface area (Å²) in [7, 11) is 0. The Kier molecular flexibility index (Phi) is 6.33. The number of amides is 2. The predicted molar refractivity (Wildman–Crippen MR) is 124 cm³/mol. The van der Waals surface area contributed by atoms with Crippen LogP contribution < -0.4 is 20.7 Å². The first-order valence-corrected chi connectivity index (χ1v) is 10.9. The van der Waals surface area contributed by atoms with Gasteiger partial charge in [-0.2, -0.15) is 0 Å². The van der Waals surface area contributed by atoms with Crippen molar-refractivity contribution in [2.24, 2.45) is 5.73 Å². The average molecular weight is 434 g/mol. The molecule has 0 radical (unpaired) electrons. The third-order valence-corrected chi connectivity index (χ3v) is 6.02. The number of primary amides is 1. The molecule has 3 N–H and O–H groups in total. The summed E-state index contributed by atoms with van der Waals surface area (Å²) in [5.74, 6) is -0.187. The maximum absolute atomic E-state index is 12.2. The van der Waals surface area contributed by atoms with Gasteiger partial charge in [0.25, 0.3) is 5.91 Å². The highest BCUT2D eigenvalue weighted by molar-refractivity contribution is 7.10. The molecule has 1 aliphatic heterocycles. The molecule has 31 heavy (non-hydrogen) atoms. The number of fused-ring (bicyclic) bond motifs is 1. The topological polar surface area (TPSA) is 84.7 Å². The molecule has 0 fully saturated rings. The SMILES string of the molecule is NC(=O)COc1ccc(/C=C/C(=O)Nc2ccc(N3CCc4sccc4C3)cc2)cc1. The molecule has 0 bridgehead atoms. The standard InChI is InChI=1S/C24H23N3O3S/c25-23(28)16-30-21-8-1-17(2-9-21)3-10-24(29)26-19-4-6-20(7-5-19)27-13-11-22-18(15-27)12-14-31-22/h1-10,12,14H,11,13,15-16H2,(H2,25,28)(H,26,29)/b10-3+. The summed E-state index contributed by atoms with van der Waals surface area (Å²) < 4.78 is 5.21. The summed E-state index contributed by atoms with van der Waals surface area (Å²) in [4.78, 5) is 26.8. The van der Waals surface area contributed by atoms with Gasteiger partial charge in [0.1, 0.15) is 5.75 Å². The molecule has 158 valence electrons. The van der Waals surface area contributed by atoms with E-state index >= 15 is 0 Å². The van der Waals surface area contributed by atoms with Crippen LogP contribution in [-0.4, -0.2) is 25.0 Å². The minimum atomic E-state index is -0.527. The van der Waals surface area contributed by atoms with E-state index in [-0.39, 0.29) is 12.5 Å². The van der Waals surface area contributed by atoms with Crippen LogP contribution in [0.15, 0.2) is 66.1 Å². The van der Waals surface area contributed by atoms with Gasteiger partial charge < -0.3 is 20.7 Å². The van der Waals surface area contributed by atoms with Crippen LogP contribution in [0.1, 0.15) is 16.0 Å². The molecule has 2 aromatic carbocycles. The lowest BCUT2D eigenvalue weighted by Gasteiger charge is -2.29. The monoisotopic (exact) mass is 433 g/mol. The van der Waals surface area contributed by atoms with Gasteiger partial charge in [-0.05, 0) is 71.5 Å². The summed E-state index contributed by atoms with van der Waals surface area (Å²) >= 11 is 1.83. The molecule has 6 nitrogen and oxygen atoms in total. The number of anilines is 2. The van der Waals surface area contributed by atoms with Crippen molar-refractivity contribution in [2.45, 2.75) is 13.0 Å². The van der Waals surface area contributed by atoms with Crippen molar-refractivity contribution in [3.8, 4) is 5.75 Å². The number of nitrogens with two attached hydrogens (primary N) is 1. The quantitative estimate of drug-likeness (QED) is 0.555. The molecule has 3 aromatic rings. The summed E-state index contributed by atoms with van der Waals surface area (Å²) in [6.45, 7) is 1.77. The predicted octanol–water partition coefficient (Wildman–Crippen LogP) is 3.83. The fraction of sp³-hybridized carbons (Fsp3) is 0.167. The second-order valence-corrected chi connectivity index (χ2v) is 8.23. The normalized spacial score (nSPS) is 13.1. The van der Waals surface area contributed by atoms with Crippen LogP contribution in [0.3, 0.4) is 0 Å². The van der Waals surface area contributed by atoms with Crippen LogP contribution in [0.5, 0.6) is 5.75 Å². The van der Waals surface area contributed by atoms with E-state index in [4.69, 9.17) is 10.5 Å². The van der Waals surface area contributed by atoms with E-state index in [1.807, 2.05) is 35.6 Å². The van der Waals surface area contributed by atoms with E-state index in [0.717, 1.165) is 36.4 Å². The number of hydrogen-bond acceptors (Lipinski definition) is 5. The maximum atomic E-state index is 12.2. The minimum absolute atomic E-state index is 0.164. The van der Waals surface area contributed by atoms with Gasteiger partial charge in [-0.3, -0.25) is 9.59 Å². The summed E-state index contributed by atoms with van der Waals surface area (Å²) in [5.41, 5.74) is 9.21. The Labute approximate surface area is 184 Å². The van der Waals surface area contributed by atoms with Crippen LogP contribution in [0.2, 0.25) is 0 Å². The first-order valence-electron chi connectivity index (χ1n) is 9.97. The summed E-state index contributed by atoms with van der Waals surface area (Å²) in [6.07, 6.45) is 4.28. The zero-order valence-corrected chi connectivity index (χ0v) is 17.7. The van der Waals surface area contributed by atoms with Gasteiger partial charge in [-0.25, -0.2) is 0 Å². The molecule has 7 heteroatoms. The smallest absolute Gasteiger partial charge is 0.255 e. The first kappa shape index (κ1) is 20.7. The van der Waals surface area contributed by atoms with E-state index in [2.05, 4.69) is 21.7 Å². The Morgan fingerprint density at radius 3 is 2.61 bits per heavy atom. The number of benzene rings is 2. The van der Waals surface area contributed by atoms with E-state index in [0.29, 0.717) is 5.75 Å². The van der Waals surface area contributed by atoms with Gasteiger partial charge in [0.2, 0.25) is 5.91 Å². The van der Waals surface area contributed by atoms with Gasteiger partial charge >= 0.3 is 0 Å². The zero-order chi connectivity index (χ0) is 21.6. The number of thiophene rings is 1.